The molecule has 10 heavy (non-hydrogen) atoms. The highest BCUT2D eigenvalue weighted by Crippen LogP contribution is 1.99. The Balaban J connectivity index is 3.69. The highest BCUT2D eigenvalue weighted by Gasteiger charge is 2.11. The highest BCUT2D eigenvalue weighted by atomic mass is 19.1. The van der Waals surface area contributed by atoms with Gasteiger partial charge in [-0.3, -0.25) is 9.59 Å². The standard InChI is InChI=1S/C7H11FO2/c1-5(2)7(10)3-6(9)4-8/h5H,3-4H2,1-2H3. The largest absolute Gasteiger partial charge is 0.299 e. The van der Waals surface area contributed by atoms with Crippen molar-refractivity contribution in [3.05, 3.63) is 0 Å². The molecular formula is C7H11FO2. The molecule has 0 aromatic heterocycles. The molecule has 0 spiro atoms. The van der Waals surface area contributed by atoms with Crippen LogP contribution in [-0.4, -0.2) is 18.2 Å². The van der Waals surface area contributed by atoms with Gasteiger partial charge >= 0.3 is 0 Å². The van der Waals surface area contributed by atoms with Crippen molar-refractivity contribution in [1.82, 2.24) is 0 Å². The SMILES string of the molecule is CC(C)C(=O)CC(=O)CF. The lowest BCUT2D eigenvalue weighted by Crippen LogP contribution is -2.13. The van der Waals surface area contributed by atoms with Gasteiger partial charge in [-0.1, -0.05) is 13.8 Å². The Kier molecular flexibility index (Phi) is 3.84. The van der Waals surface area contributed by atoms with Crippen molar-refractivity contribution >= 4 is 11.6 Å². The molecule has 0 N–H and O–H groups in total. The molecular weight excluding hydrogens is 135 g/mol. The van der Waals surface area contributed by atoms with E-state index in [1.54, 1.807) is 13.8 Å². The zero-order valence-electron chi connectivity index (χ0n) is 6.19. The molecule has 0 saturated heterocycles. The van der Waals surface area contributed by atoms with Crippen molar-refractivity contribution < 1.29 is 14.0 Å². The normalized spacial score (nSPS) is 10.0. The van der Waals surface area contributed by atoms with Crippen LogP contribution in [0, 0.1) is 5.92 Å². The van der Waals surface area contributed by atoms with Crippen molar-refractivity contribution in [2.24, 2.45) is 5.92 Å². The van der Waals surface area contributed by atoms with Gasteiger partial charge in [0.2, 0.25) is 0 Å². The second-order valence-electron chi connectivity index (χ2n) is 2.47. The second-order valence-corrected chi connectivity index (χ2v) is 2.47. The van der Waals surface area contributed by atoms with Gasteiger partial charge < -0.3 is 0 Å². The van der Waals surface area contributed by atoms with Crippen molar-refractivity contribution in [1.29, 1.82) is 0 Å². The first-order valence-corrected chi connectivity index (χ1v) is 3.18. The molecule has 0 fully saturated rings. The molecule has 0 aliphatic rings. The number of hydrogen-bond acceptors (Lipinski definition) is 2. The van der Waals surface area contributed by atoms with Crippen LogP contribution >= 0.6 is 0 Å². The molecule has 0 aromatic carbocycles. The van der Waals surface area contributed by atoms with Crippen LogP contribution in [-0.2, 0) is 9.59 Å². The number of Topliss-reactive ketones (excluding diaryl/α,β-unsaturated/α-hetero) is 2. The predicted molar refractivity (Wildman–Crippen MR) is 35.4 cm³/mol. The van der Waals surface area contributed by atoms with E-state index in [-0.39, 0.29) is 18.1 Å². The Bertz CT molecular complexity index is 141. The van der Waals surface area contributed by atoms with E-state index in [9.17, 15) is 14.0 Å². The first-order valence-electron chi connectivity index (χ1n) is 3.18. The average Bonchev–Trinajstić information content (AvgIpc) is 1.87. The fraction of sp³-hybridized carbons (Fsp3) is 0.714. The van der Waals surface area contributed by atoms with E-state index in [1.165, 1.54) is 0 Å². The fourth-order valence-electron chi connectivity index (χ4n) is 0.446. The number of carbonyl (C=O) groups is 2. The number of carbonyl (C=O) groups excluding carboxylic acids is 2. The lowest BCUT2D eigenvalue weighted by atomic mass is 10.0. The summed E-state index contributed by atoms with van der Waals surface area (Å²) in [5.41, 5.74) is 0. The van der Waals surface area contributed by atoms with E-state index in [2.05, 4.69) is 0 Å². The minimum Gasteiger partial charge on any atom is -0.299 e. The Morgan fingerprint density at radius 2 is 1.90 bits per heavy atom. The Morgan fingerprint density at radius 3 is 2.20 bits per heavy atom. The molecule has 0 radical (unpaired) electrons. The summed E-state index contributed by atoms with van der Waals surface area (Å²) in [5.74, 6) is -0.989. The summed E-state index contributed by atoms with van der Waals surface area (Å²) in [6.45, 7) is 2.35. The maximum absolute atomic E-state index is 11.5. The minimum absolute atomic E-state index is 0.171. The van der Waals surface area contributed by atoms with Gasteiger partial charge in [0.05, 0.1) is 6.42 Å². The van der Waals surface area contributed by atoms with Crippen LogP contribution in [0.5, 0.6) is 0 Å². The topological polar surface area (TPSA) is 34.1 Å². The van der Waals surface area contributed by atoms with Gasteiger partial charge in [-0.15, -0.1) is 0 Å². The number of alkyl halides is 1. The van der Waals surface area contributed by atoms with Gasteiger partial charge in [-0.05, 0) is 0 Å². The van der Waals surface area contributed by atoms with Crippen LogP contribution in [0.1, 0.15) is 20.3 Å². The summed E-state index contributed by atoms with van der Waals surface area (Å²) < 4.78 is 11.5. The van der Waals surface area contributed by atoms with Crippen LogP contribution in [0.25, 0.3) is 0 Å². The van der Waals surface area contributed by atoms with Crippen LogP contribution < -0.4 is 0 Å². The molecule has 0 amide bonds. The molecule has 0 heterocycles. The van der Waals surface area contributed by atoms with Crippen LogP contribution in [0.4, 0.5) is 4.39 Å². The predicted octanol–water partition coefficient (Wildman–Crippen LogP) is 1.14. The molecule has 0 rings (SSSR count). The molecule has 3 heteroatoms. The van der Waals surface area contributed by atoms with Gasteiger partial charge in [0, 0.05) is 5.92 Å². The Morgan fingerprint density at radius 1 is 1.40 bits per heavy atom. The van der Waals surface area contributed by atoms with Crippen molar-refractivity contribution in [2.75, 3.05) is 6.67 Å². The zero-order chi connectivity index (χ0) is 8.15. The maximum atomic E-state index is 11.5. The summed E-state index contributed by atoms with van der Waals surface area (Å²) >= 11 is 0. The van der Waals surface area contributed by atoms with Gasteiger partial charge in [-0.25, -0.2) is 4.39 Å². The molecule has 2 nitrogen and oxygen atoms in total. The second kappa shape index (κ2) is 4.14. The van der Waals surface area contributed by atoms with E-state index in [1.807, 2.05) is 0 Å². The molecule has 0 bridgehead atoms. The van der Waals surface area contributed by atoms with Crippen molar-refractivity contribution in [2.45, 2.75) is 20.3 Å². The highest BCUT2D eigenvalue weighted by molar-refractivity contribution is 6.00. The maximum Gasteiger partial charge on any atom is 0.171 e. The first kappa shape index (κ1) is 9.27. The number of hydrogen-bond donors (Lipinski definition) is 0. The van der Waals surface area contributed by atoms with Crippen molar-refractivity contribution in [3.63, 3.8) is 0 Å². The molecule has 0 aromatic rings. The smallest absolute Gasteiger partial charge is 0.171 e. The molecule has 0 atom stereocenters. The minimum atomic E-state index is -1.03. The summed E-state index contributed by atoms with van der Waals surface area (Å²) in [6.07, 6.45) is -0.256. The molecule has 0 aliphatic carbocycles. The summed E-state index contributed by atoms with van der Waals surface area (Å²) in [4.78, 5) is 21.1. The quantitative estimate of drug-likeness (QED) is 0.557. The third-order valence-corrected chi connectivity index (χ3v) is 1.16. The fourth-order valence-corrected chi connectivity index (χ4v) is 0.446. The van der Waals surface area contributed by atoms with Crippen molar-refractivity contribution in [3.8, 4) is 0 Å². The third-order valence-electron chi connectivity index (χ3n) is 1.16. The van der Waals surface area contributed by atoms with E-state index in [0.29, 0.717) is 0 Å². The van der Waals surface area contributed by atoms with Gasteiger partial charge in [0.25, 0.3) is 0 Å². The average molecular weight is 146 g/mol. The van der Waals surface area contributed by atoms with E-state index < -0.39 is 12.5 Å². The molecule has 58 valence electrons. The third kappa shape index (κ3) is 3.33. The van der Waals surface area contributed by atoms with E-state index in [0.717, 1.165) is 0 Å². The number of rotatable bonds is 4. The van der Waals surface area contributed by atoms with Gasteiger partial charge in [0.1, 0.15) is 12.5 Å². The molecule has 0 saturated carbocycles. The van der Waals surface area contributed by atoms with Crippen LogP contribution in [0.2, 0.25) is 0 Å². The van der Waals surface area contributed by atoms with Gasteiger partial charge in [-0.2, -0.15) is 0 Å². The van der Waals surface area contributed by atoms with Gasteiger partial charge in [0.15, 0.2) is 5.78 Å². The van der Waals surface area contributed by atoms with Crippen LogP contribution in [0.3, 0.4) is 0 Å². The summed E-state index contributed by atoms with van der Waals surface area (Å²) in [6, 6.07) is 0. The van der Waals surface area contributed by atoms with E-state index >= 15 is 0 Å². The Labute approximate surface area is 59.4 Å². The lowest BCUT2D eigenvalue weighted by Gasteiger charge is -1.99. The monoisotopic (exact) mass is 146 g/mol. The van der Waals surface area contributed by atoms with E-state index in [4.69, 9.17) is 0 Å². The zero-order valence-corrected chi connectivity index (χ0v) is 6.19. The summed E-state index contributed by atoms with van der Waals surface area (Å²) in [7, 11) is 0. The summed E-state index contributed by atoms with van der Waals surface area (Å²) in [5, 5.41) is 0. The van der Waals surface area contributed by atoms with Crippen LogP contribution in [0.15, 0.2) is 0 Å². The Hall–Kier alpha value is -0.730. The first-order chi connectivity index (χ1) is 4.57. The molecule has 0 unspecified atom stereocenters. The molecule has 0 aliphatic heterocycles. The number of halogens is 1. The number of ketones is 2. The lowest BCUT2D eigenvalue weighted by molar-refractivity contribution is -0.129.